The number of non-ortho nitro benzene ring substituents is 1. The lowest BCUT2D eigenvalue weighted by molar-refractivity contribution is -0.384. The summed E-state index contributed by atoms with van der Waals surface area (Å²) < 4.78 is 5.44. The third-order valence-electron chi connectivity index (χ3n) is 6.61. The second-order valence-corrected chi connectivity index (χ2v) is 8.30. The van der Waals surface area contributed by atoms with Crippen molar-refractivity contribution in [2.75, 3.05) is 6.61 Å². The van der Waals surface area contributed by atoms with Crippen molar-refractivity contribution in [1.82, 2.24) is 5.32 Å². The summed E-state index contributed by atoms with van der Waals surface area (Å²) in [5, 5.41) is 13.9. The summed E-state index contributed by atoms with van der Waals surface area (Å²) in [6, 6.07) is 4.09. The predicted molar refractivity (Wildman–Crippen MR) is 94.8 cm³/mol. The summed E-state index contributed by atoms with van der Waals surface area (Å²) in [6.45, 7) is 6.70. The molecular formula is C18H23ClN2O4. The number of ether oxygens (including phenoxy) is 1. The van der Waals surface area contributed by atoms with Gasteiger partial charge in [0.2, 0.25) is 0 Å². The number of hydrogen-bond acceptors (Lipinski definition) is 4. The fourth-order valence-corrected chi connectivity index (χ4v) is 4.75. The van der Waals surface area contributed by atoms with Gasteiger partial charge in [0.1, 0.15) is 5.75 Å². The van der Waals surface area contributed by atoms with E-state index >= 15 is 0 Å². The Morgan fingerprint density at radius 1 is 1.44 bits per heavy atom. The van der Waals surface area contributed by atoms with Crippen molar-refractivity contribution < 1.29 is 14.5 Å². The van der Waals surface area contributed by atoms with Crippen LogP contribution in [0.1, 0.15) is 40.0 Å². The molecule has 136 valence electrons. The summed E-state index contributed by atoms with van der Waals surface area (Å²) >= 11 is 5.98. The first-order chi connectivity index (χ1) is 11.6. The minimum Gasteiger partial charge on any atom is -0.482 e. The highest BCUT2D eigenvalue weighted by Gasteiger charge is 2.61. The van der Waals surface area contributed by atoms with E-state index in [0.717, 1.165) is 12.8 Å². The molecule has 7 heteroatoms. The van der Waals surface area contributed by atoms with Gasteiger partial charge in [-0.2, -0.15) is 0 Å². The Morgan fingerprint density at radius 3 is 2.68 bits per heavy atom. The first-order valence-corrected chi connectivity index (χ1v) is 8.89. The minimum absolute atomic E-state index is 0.109. The normalized spacial score (nSPS) is 29.4. The minimum atomic E-state index is -0.528. The van der Waals surface area contributed by atoms with Crippen LogP contribution in [0, 0.1) is 26.9 Å². The number of halogens is 1. The van der Waals surface area contributed by atoms with E-state index in [1.807, 2.05) is 0 Å². The number of benzene rings is 1. The van der Waals surface area contributed by atoms with Gasteiger partial charge in [0.15, 0.2) is 6.61 Å². The number of carbonyl (C=O) groups excluding carboxylic acids is 1. The molecule has 1 N–H and O–H groups in total. The summed E-state index contributed by atoms with van der Waals surface area (Å²) in [6.07, 6.45) is 3.36. The maximum absolute atomic E-state index is 12.3. The number of nitrogens with zero attached hydrogens (tertiary/aromatic N) is 1. The molecule has 3 rings (SSSR count). The second-order valence-electron chi connectivity index (χ2n) is 7.89. The number of hydrogen-bond donors (Lipinski definition) is 1. The zero-order valence-corrected chi connectivity index (χ0v) is 15.4. The molecule has 0 saturated heterocycles. The van der Waals surface area contributed by atoms with Crippen LogP contribution in [0.2, 0.25) is 5.02 Å². The maximum atomic E-state index is 12.3. The van der Waals surface area contributed by atoms with E-state index in [2.05, 4.69) is 26.1 Å². The number of nitro groups is 1. The molecule has 3 unspecified atom stereocenters. The van der Waals surface area contributed by atoms with Crippen LogP contribution in [0.5, 0.6) is 5.75 Å². The standard InChI is InChI=1S/C18H23ClN2O4/c1-17(2)11-6-7-18(17,3)15(8-11)20-16(22)10-25-14-5-4-12(21(23)24)9-13(14)19/h4-5,9,11,15H,6-8,10H2,1-3H3,(H,20,22). The topological polar surface area (TPSA) is 81.5 Å². The Labute approximate surface area is 152 Å². The van der Waals surface area contributed by atoms with Crippen LogP contribution < -0.4 is 10.1 Å². The van der Waals surface area contributed by atoms with Gasteiger partial charge in [-0.25, -0.2) is 0 Å². The Bertz CT molecular complexity index is 721. The van der Waals surface area contributed by atoms with E-state index in [-0.39, 0.29) is 45.8 Å². The molecule has 6 nitrogen and oxygen atoms in total. The van der Waals surface area contributed by atoms with E-state index < -0.39 is 4.92 Å². The number of nitrogens with one attached hydrogen (secondary N) is 1. The molecule has 0 aromatic heterocycles. The Balaban J connectivity index is 1.59. The van der Waals surface area contributed by atoms with Gasteiger partial charge >= 0.3 is 0 Å². The van der Waals surface area contributed by atoms with Crippen LogP contribution in [0.4, 0.5) is 5.69 Å². The van der Waals surface area contributed by atoms with Gasteiger partial charge in [-0.15, -0.1) is 0 Å². The fourth-order valence-electron chi connectivity index (χ4n) is 4.52. The summed E-state index contributed by atoms with van der Waals surface area (Å²) in [4.78, 5) is 22.5. The number of rotatable bonds is 5. The number of fused-ring (bicyclic) bond motifs is 2. The first-order valence-electron chi connectivity index (χ1n) is 8.51. The Morgan fingerprint density at radius 2 is 2.16 bits per heavy atom. The third-order valence-corrected chi connectivity index (χ3v) is 6.91. The number of amides is 1. The van der Waals surface area contributed by atoms with Gasteiger partial charge in [-0.3, -0.25) is 14.9 Å². The monoisotopic (exact) mass is 366 g/mol. The zero-order valence-electron chi connectivity index (χ0n) is 14.7. The molecule has 1 aromatic rings. The average Bonchev–Trinajstić information content (AvgIpc) is 2.87. The zero-order chi connectivity index (χ0) is 18.4. The Hall–Kier alpha value is -1.82. The van der Waals surface area contributed by atoms with Gasteiger partial charge in [0.05, 0.1) is 9.95 Å². The lowest BCUT2D eigenvalue weighted by Crippen LogP contribution is -2.48. The molecule has 1 amide bonds. The van der Waals surface area contributed by atoms with E-state index in [4.69, 9.17) is 16.3 Å². The fraction of sp³-hybridized carbons (Fsp3) is 0.611. The van der Waals surface area contributed by atoms with Gasteiger partial charge in [-0.05, 0) is 42.1 Å². The average molecular weight is 367 g/mol. The number of nitro benzene ring substituents is 1. The van der Waals surface area contributed by atoms with Crippen LogP contribution in [0.25, 0.3) is 0 Å². The van der Waals surface area contributed by atoms with E-state index in [1.165, 1.54) is 24.6 Å². The molecule has 0 radical (unpaired) electrons. The van der Waals surface area contributed by atoms with Gasteiger partial charge in [0, 0.05) is 18.2 Å². The van der Waals surface area contributed by atoms with Crippen molar-refractivity contribution in [3.05, 3.63) is 33.3 Å². The van der Waals surface area contributed by atoms with Crippen LogP contribution in [-0.2, 0) is 4.79 Å². The lowest BCUT2D eigenvalue weighted by Gasteiger charge is -2.39. The summed E-state index contributed by atoms with van der Waals surface area (Å²) in [5.41, 5.74) is 0.227. The van der Waals surface area contributed by atoms with E-state index in [9.17, 15) is 14.9 Å². The van der Waals surface area contributed by atoms with Crippen molar-refractivity contribution in [1.29, 1.82) is 0 Å². The number of carbonyl (C=O) groups is 1. The van der Waals surface area contributed by atoms with Crippen LogP contribution in [0.3, 0.4) is 0 Å². The molecule has 1 aromatic carbocycles. The summed E-state index contributed by atoms with van der Waals surface area (Å²) in [5.74, 6) is 0.721. The molecule has 0 aliphatic heterocycles. The molecule has 0 heterocycles. The highest BCUT2D eigenvalue weighted by molar-refractivity contribution is 6.32. The van der Waals surface area contributed by atoms with Crippen molar-refractivity contribution in [2.45, 2.75) is 46.1 Å². The van der Waals surface area contributed by atoms with E-state index in [1.54, 1.807) is 0 Å². The van der Waals surface area contributed by atoms with Crippen LogP contribution >= 0.6 is 11.6 Å². The maximum Gasteiger partial charge on any atom is 0.271 e. The molecule has 25 heavy (non-hydrogen) atoms. The molecule has 2 saturated carbocycles. The molecule has 3 atom stereocenters. The Kier molecular flexibility index (Phi) is 4.43. The van der Waals surface area contributed by atoms with Crippen LogP contribution in [-0.4, -0.2) is 23.5 Å². The lowest BCUT2D eigenvalue weighted by atomic mass is 9.69. The second kappa shape index (κ2) is 6.16. The predicted octanol–water partition coefficient (Wildman–Crippen LogP) is 3.96. The van der Waals surface area contributed by atoms with Crippen molar-refractivity contribution in [3.63, 3.8) is 0 Å². The van der Waals surface area contributed by atoms with Gasteiger partial charge in [0.25, 0.3) is 11.6 Å². The van der Waals surface area contributed by atoms with Crippen molar-refractivity contribution in [3.8, 4) is 5.75 Å². The molecule has 2 fully saturated rings. The van der Waals surface area contributed by atoms with Crippen LogP contribution in [0.15, 0.2) is 18.2 Å². The SMILES string of the molecule is CC1(C)C2CCC1(C)C(NC(=O)COc1ccc([N+](=O)[O-])cc1Cl)C2. The summed E-state index contributed by atoms with van der Waals surface area (Å²) in [7, 11) is 0. The molecule has 2 aliphatic carbocycles. The first kappa shape index (κ1) is 18.0. The van der Waals surface area contributed by atoms with E-state index in [0.29, 0.717) is 5.92 Å². The quantitative estimate of drug-likeness (QED) is 0.631. The molecule has 2 aliphatic rings. The highest BCUT2D eigenvalue weighted by Crippen LogP contribution is 2.65. The molecule has 0 spiro atoms. The third kappa shape index (κ3) is 2.97. The van der Waals surface area contributed by atoms with Crippen molar-refractivity contribution >= 4 is 23.2 Å². The van der Waals surface area contributed by atoms with Gasteiger partial charge in [-0.1, -0.05) is 32.4 Å². The highest BCUT2D eigenvalue weighted by atomic mass is 35.5. The van der Waals surface area contributed by atoms with Gasteiger partial charge < -0.3 is 10.1 Å². The van der Waals surface area contributed by atoms with Crippen molar-refractivity contribution in [2.24, 2.45) is 16.7 Å². The molecular weight excluding hydrogens is 344 g/mol. The largest absolute Gasteiger partial charge is 0.482 e. The smallest absolute Gasteiger partial charge is 0.271 e. The molecule has 2 bridgehead atoms.